The zero-order chi connectivity index (χ0) is 24.8. The van der Waals surface area contributed by atoms with E-state index in [4.69, 9.17) is 11.6 Å². The van der Waals surface area contributed by atoms with Gasteiger partial charge < -0.3 is 10.4 Å². The molecule has 7 nitrogen and oxygen atoms in total. The van der Waals surface area contributed by atoms with Gasteiger partial charge in [-0.05, 0) is 50.8 Å². The van der Waals surface area contributed by atoms with Crippen molar-refractivity contribution >= 4 is 29.2 Å². The van der Waals surface area contributed by atoms with E-state index in [2.05, 4.69) is 25.4 Å². The average Bonchev–Trinajstić information content (AvgIpc) is 3.46. The van der Waals surface area contributed by atoms with Gasteiger partial charge in [-0.2, -0.15) is 5.10 Å². The van der Waals surface area contributed by atoms with E-state index in [1.165, 1.54) is 18.2 Å². The van der Waals surface area contributed by atoms with Gasteiger partial charge in [0, 0.05) is 42.4 Å². The van der Waals surface area contributed by atoms with Crippen LogP contribution in [-0.4, -0.2) is 43.2 Å². The Labute approximate surface area is 206 Å². The van der Waals surface area contributed by atoms with Crippen LogP contribution in [0.2, 0.25) is 5.02 Å². The number of nitrogens with zero attached hydrogens (tertiary/aromatic N) is 3. The van der Waals surface area contributed by atoms with Gasteiger partial charge in [-0.1, -0.05) is 23.7 Å². The number of hydrogen-bond donors (Lipinski definition) is 3. The molecule has 1 unspecified atom stereocenters. The molecule has 2 fully saturated rings. The highest BCUT2D eigenvalue weighted by atomic mass is 35.5. The molecule has 5 rings (SSSR count). The molecule has 0 radical (unpaired) electrons. The molecule has 0 bridgehead atoms. The molecule has 1 saturated heterocycles. The van der Waals surface area contributed by atoms with Crippen molar-refractivity contribution in [2.75, 3.05) is 11.9 Å². The number of nitrogens with one attached hydrogen (secondary N) is 2. The van der Waals surface area contributed by atoms with Crippen LogP contribution < -0.4 is 5.32 Å². The molecule has 2 aromatic heterocycles. The highest BCUT2D eigenvalue weighted by molar-refractivity contribution is 6.30. The Morgan fingerprint density at radius 2 is 2.03 bits per heavy atom. The predicted octanol–water partition coefficient (Wildman–Crippen LogP) is 5.23. The van der Waals surface area contributed by atoms with Gasteiger partial charge in [0.05, 0.1) is 16.1 Å². The van der Waals surface area contributed by atoms with Gasteiger partial charge in [0.2, 0.25) is 0 Å². The third-order valence-corrected chi connectivity index (χ3v) is 7.55. The number of aryl methyl sites for hydroxylation is 1. The molecule has 10 heteroatoms. The van der Waals surface area contributed by atoms with Gasteiger partial charge in [-0.25, -0.2) is 13.8 Å². The highest BCUT2D eigenvalue weighted by Crippen LogP contribution is 2.55. The SMILES string of the molecule is Cc1cc(Nc2ccc(F)c(CC3(C(=O)O)CCN(Cc4cccc(Cl)c4F)C4(CC4)C3)n2)n[nH]1. The first-order chi connectivity index (χ1) is 16.7. The second-order valence-corrected chi connectivity index (χ2v) is 10.1. The van der Waals surface area contributed by atoms with Crippen molar-refractivity contribution in [1.29, 1.82) is 0 Å². The lowest BCUT2D eigenvalue weighted by molar-refractivity contribution is -0.154. The fraction of sp³-hybridized carbons (Fsp3) is 0.400. The first-order valence-corrected chi connectivity index (χ1v) is 11.9. The summed E-state index contributed by atoms with van der Waals surface area (Å²) in [6, 6.07) is 9.51. The van der Waals surface area contributed by atoms with Crippen LogP contribution >= 0.6 is 11.6 Å². The van der Waals surface area contributed by atoms with Crippen LogP contribution in [0.4, 0.5) is 20.4 Å². The Bertz CT molecular complexity index is 1280. The summed E-state index contributed by atoms with van der Waals surface area (Å²) in [5.74, 6) is -1.01. The fourth-order valence-electron chi connectivity index (χ4n) is 5.20. The average molecular weight is 502 g/mol. The van der Waals surface area contributed by atoms with Gasteiger partial charge in [-0.3, -0.25) is 14.8 Å². The minimum Gasteiger partial charge on any atom is -0.481 e. The fourth-order valence-corrected chi connectivity index (χ4v) is 5.39. The Kier molecular flexibility index (Phi) is 6.01. The Morgan fingerprint density at radius 1 is 1.23 bits per heavy atom. The van der Waals surface area contributed by atoms with Crippen LogP contribution in [-0.2, 0) is 17.8 Å². The third kappa shape index (κ3) is 4.62. The van der Waals surface area contributed by atoms with Crippen molar-refractivity contribution in [2.24, 2.45) is 5.41 Å². The van der Waals surface area contributed by atoms with Crippen LogP contribution in [0.1, 0.15) is 42.6 Å². The second-order valence-electron chi connectivity index (χ2n) is 9.73. The largest absolute Gasteiger partial charge is 0.481 e. The number of piperidine rings is 1. The van der Waals surface area contributed by atoms with Crippen molar-refractivity contribution in [3.05, 3.63) is 70.0 Å². The zero-order valence-corrected chi connectivity index (χ0v) is 20.0. The standard InChI is InChI=1S/C25H26ClF2N5O2/c1-15-11-21(32-31-15)30-20-6-5-18(27)19(29-20)12-24(23(34)35)9-10-33(25(14-24)7-8-25)13-16-3-2-4-17(26)22(16)28/h2-6,11H,7-10,12-14H2,1H3,(H,34,35)(H2,29,30,31,32). The molecule has 184 valence electrons. The van der Waals surface area contributed by atoms with E-state index in [-0.39, 0.29) is 22.7 Å². The number of rotatable bonds is 7. The van der Waals surface area contributed by atoms with E-state index < -0.39 is 23.0 Å². The van der Waals surface area contributed by atoms with Crippen LogP contribution in [0.15, 0.2) is 36.4 Å². The summed E-state index contributed by atoms with van der Waals surface area (Å²) >= 11 is 5.95. The normalized spacial score (nSPS) is 21.3. The smallest absolute Gasteiger partial charge is 0.310 e. The molecule has 1 aromatic carbocycles. The number of carbonyl (C=O) groups is 1. The number of hydrogen-bond acceptors (Lipinski definition) is 5. The quantitative estimate of drug-likeness (QED) is 0.410. The van der Waals surface area contributed by atoms with E-state index in [0.29, 0.717) is 43.1 Å². The van der Waals surface area contributed by atoms with E-state index in [9.17, 15) is 18.7 Å². The molecular formula is C25H26ClF2N5O2. The van der Waals surface area contributed by atoms with Crippen molar-refractivity contribution in [1.82, 2.24) is 20.1 Å². The number of aliphatic carboxylic acids is 1. The summed E-state index contributed by atoms with van der Waals surface area (Å²) in [5.41, 5.74) is -0.0418. The summed E-state index contributed by atoms with van der Waals surface area (Å²) < 4.78 is 29.3. The summed E-state index contributed by atoms with van der Waals surface area (Å²) in [6.45, 7) is 2.68. The van der Waals surface area contributed by atoms with Crippen molar-refractivity contribution in [2.45, 2.75) is 51.1 Å². The minimum absolute atomic E-state index is 0.0234. The van der Waals surface area contributed by atoms with Gasteiger partial charge in [-0.15, -0.1) is 0 Å². The van der Waals surface area contributed by atoms with E-state index in [1.54, 1.807) is 18.2 Å². The number of halogens is 3. The van der Waals surface area contributed by atoms with E-state index >= 15 is 0 Å². The summed E-state index contributed by atoms with van der Waals surface area (Å²) in [7, 11) is 0. The molecule has 1 aliphatic heterocycles. The molecular weight excluding hydrogens is 476 g/mol. The number of carboxylic acids is 1. The maximum Gasteiger partial charge on any atom is 0.310 e. The van der Waals surface area contributed by atoms with Gasteiger partial charge in [0.25, 0.3) is 0 Å². The van der Waals surface area contributed by atoms with Gasteiger partial charge in [0.1, 0.15) is 17.5 Å². The minimum atomic E-state index is -1.16. The van der Waals surface area contributed by atoms with Crippen LogP contribution in [0.3, 0.4) is 0 Å². The van der Waals surface area contributed by atoms with Crippen LogP contribution in [0.5, 0.6) is 0 Å². The maximum absolute atomic E-state index is 14.8. The second kappa shape index (κ2) is 8.87. The number of pyridine rings is 1. The highest BCUT2D eigenvalue weighted by Gasteiger charge is 2.58. The Hall–Kier alpha value is -3.04. The third-order valence-electron chi connectivity index (χ3n) is 7.26. The lowest BCUT2D eigenvalue weighted by Gasteiger charge is -2.45. The van der Waals surface area contributed by atoms with E-state index in [1.807, 2.05) is 6.92 Å². The van der Waals surface area contributed by atoms with Crippen molar-refractivity contribution in [3.63, 3.8) is 0 Å². The lowest BCUT2D eigenvalue weighted by Crippen LogP contribution is -2.52. The lowest BCUT2D eigenvalue weighted by atomic mass is 9.70. The molecule has 35 heavy (non-hydrogen) atoms. The molecule has 3 heterocycles. The maximum atomic E-state index is 14.8. The topological polar surface area (TPSA) is 94.1 Å². The van der Waals surface area contributed by atoms with E-state index in [0.717, 1.165) is 18.5 Å². The number of carboxylic acid groups (broad SMARTS) is 1. The number of anilines is 2. The first kappa shape index (κ1) is 23.7. The van der Waals surface area contributed by atoms with Gasteiger partial charge in [0.15, 0.2) is 5.82 Å². The molecule has 3 N–H and O–H groups in total. The summed E-state index contributed by atoms with van der Waals surface area (Å²) in [4.78, 5) is 19.1. The first-order valence-electron chi connectivity index (χ1n) is 11.6. The van der Waals surface area contributed by atoms with Crippen molar-refractivity contribution in [3.8, 4) is 0 Å². The number of H-pyrrole nitrogens is 1. The van der Waals surface area contributed by atoms with Crippen LogP contribution in [0.25, 0.3) is 0 Å². The molecule has 1 atom stereocenters. The Balaban J connectivity index is 1.37. The molecule has 1 aliphatic carbocycles. The predicted molar refractivity (Wildman–Crippen MR) is 128 cm³/mol. The zero-order valence-electron chi connectivity index (χ0n) is 19.2. The van der Waals surface area contributed by atoms with Crippen LogP contribution in [0, 0.1) is 24.0 Å². The van der Waals surface area contributed by atoms with Gasteiger partial charge >= 0.3 is 5.97 Å². The molecule has 3 aromatic rings. The Morgan fingerprint density at radius 3 is 2.71 bits per heavy atom. The number of aromatic amines is 1. The molecule has 1 spiro atoms. The molecule has 1 saturated carbocycles. The van der Waals surface area contributed by atoms with Crippen molar-refractivity contribution < 1.29 is 18.7 Å². The number of benzene rings is 1. The monoisotopic (exact) mass is 501 g/mol. The number of aromatic nitrogens is 3. The summed E-state index contributed by atoms with van der Waals surface area (Å²) in [6.07, 6.45) is 2.28. The molecule has 0 amide bonds. The summed E-state index contributed by atoms with van der Waals surface area (Å²) in [5, 5.41) is 20.3. The number of likely N-dealkylation sites (tertiary alicyclic amines) is 1. The molecule has 2 aliphatic rings.